The molecule has 4 nitrogen and oxygen atoms in total. The molecule has 0 unspecified atom stereocenters. The molecule has 0 aliphatic carbocycles. The van der Waals surface area contributed by atoms with Gasteiger partial charge in [-0.1, -0.05) is 30.3 Å². The van der Waals surface area contributed by atoms with Gasteiger partial charge in [0.15, 0.2) is 16.6 Å². The molecule has 0 radical (unpaired) electrons. The number of hydrogen-bond donors (Lipinski definition) is 1. The van der Waals surface area contributed by atoms with Crippen LogP contribution < -0.4 is 14.8 Å². The lowest BCUT2D eigenvalue weighted by Crippen LogP contribution is -1.94. The van der Waals surface area contributed by atoms with Gasteiger partial charge in [0.2, 0.25) is 0 Å². The Labute approximate surface area is 133 Å². The first-order chi connectivity index (χ1) is 10.8. The summed E-state index contributed by atoms with van der Waals surface area (Å²) in [5.74, 6) is 1.39. The third-order valence-corrected chi connectivity index (χ3v) is 3.97. The van der Waals surface area contributed by atoms with Crippen molar-refractivity contribution in [3.05, 3.63) is 53.9 Å². The van der Waals surface area contributed by atoms with Crippen molar-refractivity contribution in [3.63, 3.8) is 0 Å². The molecule has 0 saturated heterocycles. The van der Waals surface area contributed by atoms with Crippen LogP contribution in [-0.4, -0.2) is 19.2 Å². The van der Waals surface area contributed by atoms with Gasteiger partial charge in [0, 0.05) is 22.7 Å². The lowest BCUT2D eigenvalue weighted by molar-refractivity contribution is 0.355. The Balaban J connectivity index is 1.81. The van der Waals surface area contributed by atoms with Crippen LogP contribution in [0.2, 0.25) is 0 Å². The average Bonchev–Trinajstić information content (AvgIpc) is 3.04. The third-order valence-electron chi connectivity index (χ3n) is 3.21. The van der Waals surface area contributed by atoms with Crippen LogP contribution in [0.15, 0.2) is 53.9 Å². The number of methoxy groups -OCH3 is 2. The summed E-state index contributed by atoms with van der Waals surface area (Å²) in [4.78, 5) is 4.61. The number of benzene rings is 2. The highest BCUT2D eigenvalue weighted by atomic mass is 32.1. The van der Waals surface area contributed by atoms with Gasteiger partial charge in [0.25, 0.3) is 0 Å². The Morgan fingerprint density at radius 3 is 2.45 bits per heavy atom. The molecule has 112 valence electrons. The van der Waals surface area contributed by atoms with Crippen molar-refractivity contribution >= 4 is 22.2 Å². The SMILES string of the molecule is COc1ccc(Nc2nc(-c3ccccc3)cs2)cc1OC. The maximum atomic E-state index is 5.31. The predicted octanol–water partition coefficient (Wildman–Crippen LogP) is 4.57. The van der Waals surface area contributed by atoms with E-state index in [-0.39, 0.29) is 0 Å². The normalized spacial score (nSPS) is 10.3. The lowest BCUT2D eigenvalue weighted by atomic mass is 10.2. The Kier molecular flexibility index (Phi) is 4.25. The van der Waals surface area contributed by atoms with Crippen LogP contribution in [0.3, 0.4) is 0 Å². The van der Waals surface area contributed by atoms with Crippen LogP contribution in [0.4, 0.5) is 10.8 Å². The molecule has 0 fully saturated rings. The summed E-state index contributed by atoms with van der Waals surface area (Å²) < 4.78 is 10.5. The first-order valence-corrected chi connectivity index (χ1v) is 7.68. The fourth-order valence-corrected chi connectivity index (χ4v) is 2.85. The summed E-state index contributed by atoms with van der Waals surface area (Å²) in [5, 5.41) is 6.17. The first-order valence-electron chi connectivity index (χ1n) is 6.80. The number of nitrogens with zero attached hydrogens (tertiary/aromatic N) is 1. The van der Waals surface area contributed by atoms with Crippen LogP contribution in [0.25, 0.3) is 11.3 Å². The Morgan fingerprint density at radius 1 is 0.955 bits per heavy atom. The number of hydrogen-bond acceptors (Lipinski definition) is 5. The Hall–Kier alpha value is -2.53. The number of anilines is 2. The highest BCUT2D eigenvalue weighted by Crippen LogP contribution is 2.32. The quantitative estimate of drug-likeness (QED) is 0.749. The van der Waals surface area contributed by atoms with E-state index in [2.05, 4.69) is 22.4 Å². The van der Waals surface area contributed by atoms with E-state index in [1.165, 1.54) is 0 Å². The van der Waals surface area contributed by atoms with Crippen LogP contribution >= 0.6 is 11.3 Å². The van der Waals surface area contributed by atoms with Gasteiger partial charge < -0.3 is 14.8 Å². The molecule has 0 aliphatic rings. The second-order valence-corrected chi connectivity index (χ2v) is 5.46. The first kappa shape index (κ1) is 14.4. The minimum atomic E-state index is 0.687. The van der Waals surface area contributed by atoms with E-state index in [4.69, 9.17) is 9.47 Å². The zero-order valence-corrected chi connectivity index (χ0v) is 13.2. The van der Waals surface area contributed by atoms with Gasteiger partial charge >= 0.3 is 0 Å². The molecule has 0 saturated carbocycles. The molecule has 0 bridgehead atoms. The van der Waals surface area contributed by atoms with E-state index in [0.717, 1.165) is 22.1 Å². The van der Waals surface area contributed by atoms with E-state index in [9.17, 15) is 0 Å². The fourth-order valence-electron chi connectivity index (χ4n) is 2.11. The number of thiazole rings is 1. The molecule has 2 aromatic carbocycles. The Morgan fingerprint density at radius 2 is 1.73 bits per heavy atom. The fraction of sp³-hybridized carbons (Fsp3) is 0.118. The molecule has 5 heteroatoms. The molecule has 1 N–H and O–H groups in total. The molecule has 1 aromatic heterocycles. The molecule has 0 aliphatic heterocycles. The molecule has 3 aromatic rings. The largest absolute Gasteiger partial charge is 0.493 e. The molecule has 0 spiro atoms. The van der Waals surface area contributed by atoms with Gasteiger partial charge in [0.05, 0.1) is 19.9 Å². The predicted molar refractivity (Wildman–Crippen MR) is 90.4 cm³/mol. The number of aromatic nitrogens is 1. The summed E-state index contributed by atoms with van der Waals surface area (Å²) in [6.45, 7) is 0. The monoisotopic (exact) mass is 312 g/mol. The molecule has 1 heterocycles. The van der Waals surface area contributed by atoms with Crippen LogP contribution in [0, 0.1) is 0 Å². The number of nitrogens with one attached hydrogen (secondary N) is 1. The van der Waals surface area contributed by atoms with Crippen molar-refractivity contribution in [2.24, 2.45) is 0 Å². The van der Waals surface area contributed by atoms with Gasteiger partial charge in [-0.25, -0.2) is 4.98 Å². The molecule has 3 rings (SSSR count). The zero-order valence-electron chi connectivity index (χ0n) is 12.4. The maximum absolute atomic E-state index is 5.31. The average molecular weight is 312 g/mol. The third kappa shape index (κ3) is 3.04. The minimum Gasteiger partial charge on any atom is -0.493 e. The zero-order chi connectivity index (χ0) is 15.4. The van der Waals surface area contributed by atoms with Crippen LogP contribution in [0.5, 0.6) is 11.5 Å². The van der Waals surface area contributed by atoms with Crippen LogP contribution in [0.1, 0.15) is 0 Å². The molecular weight excluding hydrogens is 296 g/mol. The standard InChI is InChI=1S/C17H16N2O2S/c1-20-15-9-8-13(10-16(15)21-2)18-17-19-14(11-22-17)12-6-4-3-5-7-12/h3-11H,1-2H3,(H,18,19). The van der Waals surface area contributed by atoms with E-state index in [1.807, 2.05) is 41.8 Å². The van der Waals surface area contributed by atoms with Gasteiger partial charge in [-0.3, -0.25) is 0 Å². The molecule has 0 atom stereocenters. The second kappa shape index (κ2) is 6.49. The van der Waals surface area contributed by atoms with Crippen molar-refractivity contribution in [3.8, 4) is 22.8 Å². The number of ether oxygens (including phenoxy) is 2. The Bertz CT molecular complexity index is 756. The summed E-state index contributed by atoms with van der Waals surface area (Å²) >= 11 is 1.57. The maximum Gasteiger partial charge on any atom is 0.187 e. The highest BCUT2D eigenvalue weighted by molar-refractivity contribution is 7.14. The summed E-state index contributed by atoms with van der Waals surface area (Å²) in [7, 11) is 3.25. The van der Waals surface area contributed by atoms with Gasteiger partial charge in [-0.05, 0) is 12.1 Å². The van der Waals surface area contributed by atoms with Gasteiger partial charge in [-0.2, -0.15) is 0 Å². The van der Waals surface area contributed by atoms with Crippen molar-refractivity contribution < 1.29 is 9.47 Å². The number of rotatable bonds is 5. The summed E-state index contributed by atoms with van der Waals surface area (Å²) in [5.41, 5.74) is 2.99. The molecular formula is C17H16N2O2S. The van der Waals surface area contributed by atoms with Gasteiger partial charge in [-0.15, -0.1) is 11.3 Å². The highest BCUT2D eigenvalue weighted by Gasteiger charge is 2.07. The lowest BCUT2D eigenvalue weighted by Gasteiger charge is -2.09. The van der Waals surface area contributed by atoms with E-state index in [1.54, 1.807) is 25.6 Å². The van der Waals surface area contributed by atoms with Crippen molar-refractivity contribution in [2.75, 3.05) is 19.5 Å². The molecule has 0 amide bonds. The molecule has 22 heavy (non-hydrogen) atoms. The van der Waals surface area contributed by atoms with E-state index >= 15 is 0 Å². The van der Waals surface area contributed by atoms with Crippen molar-refractivity contribution in [1.82, 2.24) is 4.98 Å². The minimum absolute atomic E-state index is 0.687. The van der Waals surface area contributed by atoms with Crippen molar-refractivity contribution in [1.29, 1.82) is 0 Å². The van der Waals surface area contributed by atoms with Crippen LogP contribution in [-0.2, 0) is 0 Å². The van der Waals surface area contributed by atoms with Gasteiger partial charge in [0.1, 0.15) is 0 Å². The van der Waals surface area contributed by atoms with E-state index in [0.29, 0.717) is 11.5 Å². The smallest absolute Gasteiger partial charge is 0.187 e. The van der Waals surface area contributed by atoms with E-state index < -0.39 is 0 Å². The second-order valence-electron chi connectivity index (χ2n) is 4.60. The topological polar surface area (TPSA) is 43.4 Å². The van der Waals surface area contributed by atoms with Crippen molar-refractivity contribution in [2.45, 2.75) is 0 Å². The summed E-state index contributed by atoms with van der Waals surface area (Å²) in [6, 6.07) is 15.8. The summed E-state index contributed by atoms with van der Waals surface area (Å²) in [6.07, 6.45) is 0.